The maximum atomic E-state index is 5.05. The van der Waals surface area contributed by atoms with Crippen LogP contribution in [0.2, 0.25) is 0 Å². The molecule has 1 rings (SSSR count). The first-order chi connectivity index (χ1) is 5.36. The lowest BCUT2D eigenvalue weighted by molar-refractivity contribution is 0.153. The third-order valence-corrected chi connectivity index (χ3v) is 2.07. The molecule has 0 saturated carbocycles. The van der Waals surface area contributed by atoms with E-state index in [2.05, 4.69) is 5.32 Å². The Morgan fingerprint density at radius 3 is 1.91 bits per heavy atom. The van der Waals surface area contributed by atoms with Gasteiger partial charge in [0.15, 0.2) is 0 Å². The topological polar surface area (TPSA) is 30.5 Å². The fraction of sp³-hybridized carbons (Fsp3) is 1.00. The molecule has 0 spiro atoms. The summed E-state index contributed by atoms with van der Waals surface area (Å²) in [5, 5.41) is 3.44. The van der Waals surface area contributed by atoms with Crippen LogP contribution in [0.3, 0.4) is 0 Å². The SMILES string of the molecule is COC[C@H]1CC[C@H](COC)N1. The molecular formula is C8H17NO2. The lowest BCUT2D eigenvalue weighted by atomic mass is 10.2. The lowest BCUT2D eigenvalue weighted by Gasteiger charge is -2.12. The molecule has 0 bridgehead atoms. The first-order valence-corrected chi connectivity index (χ1v) is 4.10. The van der Waals surface area contributed by atoms with Gasteiger partial charge in [0.2, 0.25) is 0 Å². The van der Waals surface area contributed by atoms with Crippen LogP contribution in [0.25, 0.3) is 0 Å². The van der Waals surface area contributed by atoms with Crippen LogP contribution in [-0.4, -0.2) is 39.5 Å². The van der Waals surface area contributed by atoms with E-state index in [0.29, 0.717) is 12.1 Å². The summed E-state index contributed by atoms with van der Waals surface area (Å²) in [5.41, 5.74) is 0. The molecule has 0 aromatic rings. The average Bonchev–Trinajstić information content (AvgIpc) is 2.38. The van der Waals surface area contributed by atoms with Crippen molar-refractivity contribution in [3.8, 4) is 0 Å². The quantitative estimate of drug-likeness (QED) is 0.644. The van der Waals surface area contributed by atoms with Gasteiger partial charge in [-0.2, -0.15) is 0 Å². The number of hydrogen-bond acceptors (Lipinski definition) is 3. The van der Waals surface area contributed by atoms with E-state index < -0.39 is 0 Å². The number of methoxy groups -OCH3 is 2. The third-order valence-electron chi connectivity index (χ3n) is 2.07. The molecule has 1 aliphatic heterocycles. The highest BCUT2D eigenvalue weighted by Gasteiger charge is 2.22. The zero-order chi connectivity index (χ0) is 8.10. The number of nitrogens with one attached hydrogen (secondary N) is 1. The van der Waals surface area contributed by atoms with Crippen molar-refractivity contribution in [1.82, 2.24) is 5.32 Å². The maximum absolute atomic E-state index is 5.05. The van der Waals surface area contributed by atoms with E-state index in [0.717, 1.165) is 13.2 Å². The molecular weight excluding hydrogens is 142 g/mol. The summed E-state index contributed by atoms with van der Waals surface area (Å²) in [4.78, 5) is 0. The predicted octanol–water partition coefficient (Wildman–Crippen LogP) is 0.400. The Bertz CT molecular complexity index is 96.3. The highest BCUT2D eigenvalue weighted by Crippen LogP contribution is 2.12. The molecule has 0 aliphatic carbocycles. The van der Waals surface area contributed by atoms with Gasteiger partial charge in [0.25, 0.3) is 0 Å². The first kappa shape index (κ1) is 8.97. The zero-order valence-corrected chi connectivity index (χ0v) is 7.30. The monoisotopic (exact) mass is 159 g/mol. The summed E-state index contributed by atoms with van der Waals surface area (Å²) in [5.74, 6) is 0. The summed E-state index contributed by atoms with van der Waals surface area (Å²) in [6.07, 6.45) is 2.42. The molecule has 0 aromatic heterocycles. The molecule has 0 unspecified atom stereocenters. The molecule has 1 heterocycles. The van der Waals surface area contributed by atoms with Gasteiger partial charge in [-0.15, -0.1) is 0 Å². The van der Waals surface area contributed by atoms with Crippen LogP contribution in [0.4, 0.5) is 0 Å². The summed E-state index contributed by atoms with van der Waals surface area (Å²) in [7, 11) is 3.48. The Balaban J connectivity index is 2.12. The molecule has 3 heteroatoms. The largest absolute Gasteiger partial charge is 0.383 e. The Labute approximate surface area is 68.1 Å². The van der Waals surface area contributed by atoms with E-state index in [9.17, 15) is 0 Å². The van der Waals surface area contributed by atoms with Gasteiger partial charge < -0.3 is 14.8 Å². The first-order valence-electron chi connectivity index (χ1n) is 4.10. The molecule has 0 aromatic carbocycles. The van der Waals surface area contributed by atoms with Crippen LogP contribution in [0, 0.1) is 0 Å². The third kappa shape index (κ3) is 2.77. The van der Waals surface area contributed by atoms with Gasteiger partial charge in [-0.05, 0) is 12.8 Å². The second-order valence-electron chi connectivity index (χ2n) is 3.05. The van der Waals surface area contributed by atoms with Crippen molar-refractivity contribution < 1.29 is 9.47 Å². The van der Waals surface area contributed by atoms with E-state index in [1.54, 1.807) is 14.2 Å². The number of rotatable bonds is 4. The maximum Gasteiger partial charge on any atom is 0.0615 e. The molecule has 3 nitrogen and oxygen atoms in total. The minimum Gasteiger partial charge on any atom is -0.383 e. The van der Waals surface area contributed by atoms with E-state index in [1.807, 2.05) is 0 Å². The van der Waals surface area contributed by atoms with Crippen molar-refractivity contribution in [3.05, 3.63) is 0 Å². The average molecular weight is 159 g/mol. The number of hydrogen-bond donors (Lipinski definition) is 1. The van der Waals surface area contributed by atoms with Gasteiger partial charge in [-0.1, -0.05) is 0 Å². The number of ether oxygens (including phenoxy) is 2. The van der Waals surface area contributed by atoms with Crippen molar-refractivity contribution in [2.45, 2.75) is 24.9 Å². The van der Waals surface area contributed by atoms with Crippen molar-refractivity contribution in [2.24, 2.45) is 0 Å². The van der Waals surface area contributed by atoms with Gasteiger partial charge >= 0.3 is 0 Å². The fourth-order valence-electron chi connectivity index (χ4n) is 1.57. The van der Waals surface area contributed by atoms with E-state index >= 15 is 0 Å². The molecule has 1 N–H and O–H groups in total. The fourth-order valence-corrected chi connectivity index (χ4v) is 1.57. The molecule has 0 radical (unpaired) electrons. The molecule has 11 heavy (non-hydrogen) atoms. The van der Waals surface area contributed by atoms with E-state index in [4.69, 9.17) is 9.47 Å². The Hall–Kier alpha value is -0.120. The molecule has 66 valence electrons. The normalized spacial score (nSPS) is 31.1. The van der Waals surface area contributed by atoms with Crippen LogP contribution in [0.15, 0.2) is 0 Å². The Kier molecular flexibility index (Phi) is 3.83. The summed E-state index contributed by atoms with van der Waals surface area (Å²) in [6, 6.07) is 1.08. The summed E-state index contributed by atoms with van der Waals surface area (Å²) < 4.78 is 10.1. The molecule has 1 saturated heterocycles. The second-order valence-corrected chi connectivity index (χ2v) is 3.05. The van der Waals surface area contributed by atoms with Crippen LogP contribution in [-0.2, 0) is 9.47 Å². The predicted molar refractivity (Wildman–Crippen MR) is 43.7 cm³/mol. The minimum atomic E-state index is 0.542. The van der Waals surface area contributed by atoms with Crippen molar-refractivity contribution in [1.29, 1.82) is 0 Å². The highest BCUT2D eigenvalue weighted by atomic mass is 16.5. The van der Waals surface area contributed by atoms with Gasteiger partial charge in [0.05, 0.1) is 13.2 Å². The standard InChI is InChI=1S/C8H17NO2/c1-10-5-7-3-4-8(9-7)6-11-2/h7-9H,3-6H2,1-2H3/t7-,8-/m1/s1. The van der Waals surface area contributed by atoms with E-state index in [1.165, 1.54) is 12.8 Å². The van der Waals surface area contributed by atoms with Crippen molar-refractivity contribution >= 4 is 0 Å². The van der Waals surface area contributed by atoms with Crippen molar-refractivity contribution in [2.75, 3.05) is 27.4 Å². The zero-order valence-electron chi connectivity index (χ0n) is 7.30. The van der Waals surface area contributed by atoms with Gasteiger partial charge in [-0.25, -0.2) is 0 Å². The Morgan fingerprint density at radius 2 is 1.55 bits per heavy atom. The van der Waals surface area contributed by atoms with Crippen molar-refractivity contribution in [3.63, 3.8) is 0 Å². The van der Waals surface area contributed by atoms with Crippen LogP contribution in [0.5, 0.6) is 0 Å². The molecule has 0 amide bonds. The summed E-state index contributed by atoms with van der Waals surface area (Å²) >= 11 is 0. The van der Waals surface area contributed by atoms with Crippen LogP contribution in [0.1, 0.15) is 12.8 Å². The van der Waals surface area contributed by atoms with Crippen LogP contribution >= 0.6 is 0 Å². The minimum absolute atomic E-state index is 0.542. The second kappa shape index (κ2) is 4.70. The van der Waals surface area contributed by atoms with Gasteiger partial charge in [0.1, 0.15) is 0 Å². The molecule has 2 atom stereocenters. The molecule has 1 fully saturated rings. The summed E-state index contributed by atoms with van der Waals surface area (Å²) in [6.45, 7) is 1.64. The van der Waals surface area contributed by atoms with Crippen LogP contribution < -0.4 is 5.32 Å². The molecule has 1 aliphatic rings. The lowest BCUT2D eigenvalue weighted by Crippen LogP contribution is -2.34. The van der Waals surface area contributed by atoms with Gasteiger partial charge in [0, 0.05) is 26.3 Å². The Morgan fingerprint density at radius 1 is 1.09 bits per heavy atom. The highest BCUT2D eigenvalue weighted by molar-refractivity contribution is 4.82. The van der Waals surface area contributed by atoms with E-state index in [-0.39, 0.29) is 0 Å². The smallest absolute Gasteiger partial charge is 0.0615 e. The van der Waals surface area contributed by atoms with Gasteiger partial charge in [-0.3, -0.25) is 0 Å².